The van der Waals surface area contributed by atoms with Gasteiger partial charge in [0.1, 0.15) is 5.75 Å². The van der Waals surface area contributed by atoms with Gasteiger partial charge in [0, 0.05) is 0 Å². The summed E-state index contributed by atoms with van der Waals surface area (Å²) in [5.41, 5.74) is 1.33. The van der Waals surface area contributed by atoms with E-state index in [1.807, 2.05) is 12.1 Å². The maximum absolute atomic E-state index is 12.7. The Hall–Kier alpha value is -1.31. The first-order chi connectivity index (χ1) is 14.1. The Balaban J connectivity index is 1.41. The fourth-order valence-corrected chi connectivity index (χ4v) is 5.62. The van der Waals surface area contributed by atoms with Crippen LogP contribution in [-0.4, -0.2) is 5.97 Å². The van der Waals surface area contributed by atoms with Gasteiger partial charge in [0.15, 0.2) is 0 Å². The largest absolute Gasteiger partial charge is 0.426 e. The van der Waals surface area contributed by atoms with Crippen LogP contribution in [0.4, 0.5) is 0 Å². The second kappa shape index (κ2) is 11.2. The first-order valence-corrected chi connectivity index (χ1v) is 12.4. The fraction of sp³-hybridized carbons (Fsp3) is 0.741. The maximum Gasteiger partial charge on any atom is 0.314 e. The van der Waals surface area contributed by atoms with Crippen LogP contribution < -0.4 is 4.74 Å². The lowest BCUT2D eigenvalue weighted by Crippen LogP contribution is -2.30. The summed E-state index contributed by atoms with van der Waals surface area (Å²) in [5, 5.41) is 0. The molecule has 2 saturated carbocycles. The summed E-state index contributed by atoms with van der Waals surface area (Å²) in [5.74, 6) is 4.24. The molecular formula is C27H42O2. The Kier molecular flexibility index (Phi) is 8.63. The summed E-state index contributed by atoms with van der Waals surface area (Å²) in [6.45, 7) is 6.82. The summed E-state index contributed by atoms with van der Waals surface area (Å²) in [6.07, 6.45) is 15.2. The molecule has 2 fully saturated rings. The minimum absolute atomic E-state index is 0.00946. The summed E-state index contributed by atoms with van der Waals surface area (Å²) < 4.78 is 5.72. The number of rotatable bonds is 8. The number of carbonyl (C=O) groups is 1. The first kappa shape index (κ1) is 22.4. The second-order valence-corrected chi connectivity index (χ2v) is 9.96. The van der Waals surface area contributed by atoms with Gasteiger partial charge in [0.05, 0.1) is 5.92 Å². The molecule has 0 aromatic heterocycles. The third-order valence-electron chi connectivity index (χ3n) is 7.78. The van der Waals surface area contributed by atoms with Crippen molar-refractivity contribution in [2.24, 2.45) is 29.6 Å². The molecule has 1 unspecified atom stereocenters. The van der Waals surface area contributed by atoms with Crippen LogP contribution in [0.25, 0.3) is 0 Å². The SMILES string of the molecule is CCCC1CCC(C2CCC(C(=O)Oc3ccc(CC(C)CC)cc3)CC2)CC1. The lowest BCUT2D eigenvalue weighted by atomic mass is 9.69. The highest BCUT2D eigenvalue weighted by atomic mass is 16.5. The molecule has 1 aromatic rings. The topological polar surface area (TPSA) is 26.3 Å². The van der Waals surface area contributed by atoms with Crippen molar-refractivity contribution in [3.8, 4) is 5.75 Å². The Morgan fingerprint density at radius 2 is 1.52 bits per heavy atom. The van der Waals surface area contributed by atoms with Crippen LogP contribution in [0.5, 0.6) is 5.75 Å². The van der Waals surface area contributed by atoms with Gasteiger partial charge in [-0.2, -0.15) is 0 Å². The van der Waals surface area contributed by atoms with E-state index in [2.05, 4.69) is 32.9 Å². The van der Waals surface area contributed by atoms with Crippen LogP contribution in [0.15, 0.2) is 24.3 Å². The molecule has 2 nitrogen and oxygen atoms in total. The highest BCUT2D eigenvalue weighted by Crippen LogP contribution is 2.42. The van der Waals surface area contributed by atoms with Gasteiger partial charge in [0.25, 0.3) is 0 Å². The van der Waals surface area contributed by atoms with E-state index in [1.54, 1.807) is 0 Å². The van der Waals surface area contributed by atoms with E-state index in [4.69, 9.17) is 4.74 Å². The van der Waals surface area contributed by atoms with Gasteiger partial charge in [-0.05, 0) is 86.3 Å². The normalized spacial score (nSPS) is 28.7. The van der Waals surface area contributed by atoms with Crippen LogP contribution in [0.1, 0.15) is 97.0 Å². The Bertz CT molecular complexity index is 604. The van der Waals surface area contributed by atoms with Crippen LogP contribution in [0, 0.1) is 29.6 Å². The molecule has 3 rings (SSSR count). The quantitative estimate of drug-likeness (QED) is 0.333. The molecule has 0 bridgehead atoms. The Labute approximate surface area is 178 Å². The van der Waals surface area contributed by atoms with Crippen molar-refractivity contribution >= 4 is 5.97 Å². The predicted octanol–water partition coefficient (Wildman–Crippen LogP) is 7.59. The zero-order chi connectivity index (χ0) is 20.6. The minimum atomic E-state index is -0.00946. The molecular weight excluding hydrogens is 356 g/mol. The number of benzene rings is 1. The Morgan fingerprint density at radius 3 is 2.07 bits per heavy atom. The highest BCUT2D eigenvalue weighted by molar-refractivity contribution is 5.75. The van der Waals surface area contributed by atoms with Crippen LogP contribution in [0.3, 0.4) is 0 Å². The Morgan fingerprint density at radius 1 is 0.931 bits per heavy atom. The van der Waals surface area contributed by atoms with Gasteiger partial charge >= 0.3 is 5.97 Å². The van der Waals surface area contributed by atoms with Crippen molar-refractivity contribution in [3.05, 3.63) is 29.8 Å². The van der Waals surface area contributed by atoms with Gasteiger partial charge in [-0.1, -0.05) is 65.0 Å². The van der Waals surface area contributed by atoms with Gasteiger partial charge < -0.3 is 4.74 Å². The van der Waals surface area contributed by atoms with Crippen molar-refractivity contribution in [1.82, 2.24) is 0 Å². The third-order valence-corrected chi connectivity index (χ3v) is 7.78. The average molecular weight is 399 g/mol. The number of carbonyl (C=O) groups excluding carboxylic acids is 1. The zero-order valence-electron chi connectivity index (χ0n) is 19.0. The molecule has 29 heavy (non-hydrogen) atoms. The van der Waals surface area contributed by atoms with Crippen molar-refractivity contribution in [2.45, 2.75) is 97.8 Å². The fourth-order valence-electron chi connectivity index (χ4n) is 5.62. The van der Waals surface area contributed by atoms with E-state index in [0.717, 1.165) is 37.0 Å². The zero-order valence-corrected chi connectivity index (χ0v) is 19.0. The van der Waals surface area contributed by atoms with E-state index in [0.29, 0.717) is 11.7 Å². The van der Waals surface area contributed by atoms with Gasteiger partial charge in [-0.15, -0.1) is 0 Å². The second-order valence-electron chi connectivity index (χ2n) is 9.96. The molecule has 2 aliphatic carbocycles. The smallest absolute Gasteiger partial charge is 0.314 e. The summed E-state index contributed by atoms with van der Waals surface area (Å²) in [6, 6.07) is 8.16. The van der Waals surface area contributed by atoms with Crippen molar-refractivity contribution in [2.75, 3.05) is 0 Å². The van der Waals surface area contributed by atoms with E-state index < -0.39 is 0 Å². The molecule has 0 amide bonds. The summed E-state index contributed by atoms with van der Waals surface area (Å²) in [4.78, 5) is 12.7. The van der Waals surface area contributed by atoms with E-state index in [1.165, 1.54) is 63.4 Å². The average Bonchev–Trinajstić information content (AvgIpc) is 2.76. The molecule has 0 saturated heterocycles. The van der Waals surface area contributed by atoms with Crippen LogP contribution in [-0.2, 0) is 11.2 Å². The monoisotopic (exact) mass is 398 g/mol. The number of ether oxygens (including phenoxy) is 1. The number of hydrogen-bond acceptors (Lipinski definition) is 2. The standard InChI is InChI=1S/C27H42O2/c1-4-6-21-7-11-23(12-8-21)24-13-15-25(16-14-24)27(28)29-26-17-9-22(10-18-26)19-20(3)5-2/h9-10,17-18,20-21,23-25H,4-8,11-16,19H2,1-3H3. The molecule has 162 valence electrons. The highest BCUT2D eigenvalue weighted by Gasteiger charge is 2.33. The van der Waals surface area contributed by atoms with E-state index >= 15 is 0 Å². The van der Waals surface area contributed by atoms with Crippen molar-refractivity contribution < 1.29 is 9.53 Å². The molecule has 2 heteroatoms. The summed E-state index contributed by atoms with van der Waals surface area (Å²) >= 11 is 0. The van der Waals surface area contributed by atoms with E-state index in [9.17, 15) is 4.79 Å². The molecule has 0 spiro atoms. The van der Waals surface area contributed by atoms with Crippen LogP contribution >= 0.6 is 0 Å². The molecule has 1 atom stereocenters. The molecule has 2 aliphatic rings. The number of esters is 1. The lowest BCUT2D eigenvalue weighted by molar-refractivity contribution is -0.140. The molecule has 0 aliphatic heterocycles. The van der Waals surface area contributed by atoms with E-state index in [-0.39, 0.29) is 11.9 Å². The van der Waals surface area contributed by atoms with Crippen LogP contribution in [0.2, 0.25) is 0 Å². The van der Waals surface area contributed by atoms with Gasteiger partial charge in [-0.3, -0.25) is 4.79 Å². The minimum Gasteiger partial charge on any atom is -0.426 e. The third kappa shape index (κ3) is 6.59. The molecule has 0 radical (unpaired) electrons. The van der Waals surface area contributed by atoms with Crippen molar-refractivity contribution in [3.63, 3.8) is 0 Å². The van der Waals surface area contributed by atoms with Gasteiger partial charge in [-0.25, -0.2) is 0 Å². The predicted molar refractivity (Wildman–Crippen MR) is 121 cm³/mol. The molecule has 1 aromatic carbocycles. The van der Waals surface area contributed by atoms with Crippen molar-refractivity contribution in [1.29, 1.82) is 0 Å². The molecule has 0 N–H and O–H groups in total. The summed E-state index contributed by atoms with van der Waals surface area (Å²) in [7, 11) is 0. The maximum atomic E-state index is 12.7. The lowest BCUT2D eigenvalue weighted by Gasteiger charge is -2.37. The van der Waals surface area contributed by atoms with Gasteiger partial charge in [0.2, 0.25) is 0 Å². The molecule has 0 heterocycles. The first-order valence-electron chi connectivity index (χ1n) is 12.4. The number of hydrogen-bond donors (Lipinski definition) is 0.